The van der Waals surface area contributed by atoms with E-state index >= 15 is 0 Å². The van der Waals surface area contributed by atoms with E-state index in [1.807, 2.05) is 13.1 Å². The molecule has 1 atom stereocenters. The van der Waals surface area contributed by atoms with Crippen molar-refractivity contribution in [2.45, 2.75) is 19.4 Å². The van der Waals surface area contributed by atoms with Crippen LogP contribution in [0.4, 0.5) is 0 Å². The first-order valence-corrected chi connectivity index (χ1v) is 6.88. The van der Waals surface area contributed by atoms with Crippen molar-refractivity contribution in [1.82, 2.24) is 10.2 Å². The van der Waals surface area contributed by atoms with Gasteiger partial charge in [-0.15, -0.1) is 6.58 Å². The Morgan fingerprint density at radius 1 is 1.37 bits per heavy atom. The zero-order valence-corrected chi connectivity index (χ0v) is 12.1. The smallest absolute Gasteiger partial charge is 0.0558 e. The maximum atomic E-state index is 9.03. The summed E-state index contributed by atoms with van der Waals surface area (Å²) in [5, 5.41) is 12.2. The molecule has 0 amide bonds. The van der Waals surface area contributed by atoms with Gasteiger partial charge in [0.2, 0.25) is 0 Å². The maximum Gasteiger partial charge on any atom is 0.0558 e. The van der Waals surface area contributed by atoms with Crippen molar-refractivity contribution >= 4 is 0 Å². The molecule has 106 valence electrons. The minimum atomic E-state index is 0.186. The van der Waals surface area contributed by atoms with Gasteiger partial charge in [0.05, 0.1) is 6.61 Å². The second kappa shape index (κ2) is 8.86. The molecule has 0 aromatic heterocycles. The van der Waals surface area contributed by atoms with E-state index in [-0.39, 0.29) is 6.61 Å². The molecule has 0 aliphatic rings. The van der Waals surface area contributed by atoms with Crippen LogP contribution in [0.2, 0.25) is 0 Å². The van der Waals surface area contributed by atoms with Gasteiger partial charge in [0.25, 0.3) is 0 Å². The number of aliphatic hydroxyl groups excluding tert-OH is 1. The van der Waals surface area contributed by atoms with Crippen LogP contribution in [0.1, 0.15) is 24.0 Å². The normalized spacial score (nSPS) is 12.6. The van der Waals surface area contributed by atoms with Crippen molar-refractivity contribution in [2.75, 3.05) is 33.3 Å². The maximum absolute atomic E-state index is 9.03. The SMILES string of the molecule is C=CCN(CCO)Cc1ccc(C(C)CNC)cc1. The Morgan fingerprint density at radius 2 is 2.05 bits per heavy atom. The van der Waals surface area contributed by atoms with E-state index in [9.17, 15) is 0 Å². The van der Waals surface area contributed by atoms with Gasteiger partial charge in [-0.05, 0) is 24.1 Å². The molecular weight excluding hydrogens is 236 g/mol. The van der Waals surface area contributed by atoms with Crippen molar-refractivity contribution in [1.29, 1.82) is 0 Å². The molecule has 0 saturated carbocycles. The molecule has 3 nitrogen and oxygen atoms in total. The average Bonchev–Trinajstić information content (AvgIpc) is 2.40. The molecule has 0 spiro atoms. The van der Waals surface area contributed by atoms with Crippen molar-refractivity contribution in [2.24, 2.45) is 0 Å². The number of nitrogens with zero attached hydrogens (tertiary/aromatic N) is 1. The van der Waals surface area contributed by atoms with Gasteiger partial charge in [-0.3, -0.25) is 4.90 Å². The minimum absolute atomic E-state index is 0.186. The van der Waals surface area contributed by atoms with Gasteiger partial charge >= 0.3 is 0 Å². The van der Waals surface area contributed by atoms with Crippen LogP contribution >= 0.6 is 0 Å². The molecule has 0 bridgehead atoms. The highest BCUT2D eigenvalue weighted by molar-refractivity contribution is 5.25. The van der Waals surface area contributed by atoms with Crippen LogP contribution in [0.15, 0.2) is 36.9 Å². The number of aliphatic hydroxyl groups is 1. The van der Waals surface area contributed by atoms with Gasteiger partial charge in [-0.2, -0.15) is 0 Å². The van der Waals surface area contributed by atoms with E-state index in [1.54, 1.807) is 0 Å². The van der Waals surface area contributed by atoms with Crippen LogP contribution < -0.4 is 5.32 Å². The fraction of sp³-hybridized carbons (Fsp3) is 0.500. The molecule has 1 aromatic carbocycles. The predicted molar refractivity (Wildman–Crippen MR) is 81.3 cm³/mol. The van der Waals surface area contributed by atoms with Gasteiger partial charge < -0.3 is 10.4 Å². The van der Waals surface area contributed by atoms with E-state index in [2.05, 4.69) is 48.0 Å². The van der Waals surface area contributed by atoms with Gasteiger partial charge in [0, 0.05) is 26.2 Å². The Hall–Kier alpha value is -1.16. The molecule has 19 heavy (non-hydrogen) atoms. The van der Waals surface area contributed by atoms with E-state index in [0.29, 0.717) is 12.5 Å². The number of hydrogen-bond acceptors (Lipinski definition) is 3. The number of likely N-dealkylation sites (N-methyl/N-ethyl adjacent to an activating group) is 1. The van der Waals surface area contributed by atoms with Crippen LogP contribution in [0.5, 0.6) is 0 Å². The highest BCUT2D eigenvalue weighted by atomic mass is 16.3. The van der Waals surface area contributed by atoms with Gasteiger partial charge in [-0.1, -0.05) is 37.3 Å². The third-order valence-corrected chi connectivity index (χ3v) is 3.27. The molecular formula is C16H26N2O. The van der Waals surface area contributed by atoms with Crippen LogP contribution in [-0.2, 0) is 6.54 Å². The van der Waals surface area contributed by atoms with Gasteiger partial charge in [0.1, 0.15) is 0 Å². The highest BCUT2D eigenvalue weighted by Crippen LogP contribution is 2.15. The van der Waals surface area contributed by atoms with Crippen molar-refractivity contribution in [3.8, 4) is 0 Å². The quantitative estimate of drug-likeness (QED) is 0.668. The fourth-order valence-corrected chi connectivity index (χ4v) is 2.19. The van der Waals surface area contributed by atoms with Gasteiger partial charge in [0.15, 0.2) is 0 Å². The topological polar surface area (TPSA) is 35.5 Å². The summed E-state index contributed by atoms with van der Waals surface area (Å²) in [5.74, 6) is 0.528. The lowest BCUT2D eigenvalue weighted by atomic mass is 10.00. The molecule has 0 fully saturated rings. The summed E-state index contributed by atoms with van der Waals surface area (Å²) < 4.78 is 0. The monoisotopic (exact) mass is 262 g/mol. The van der Waals surface area contributed by atoms with Crippen molar-refractivity contribution in [3.63, 3.8) is 0 Å². The Balaban J connectivity index is 2.61. The van der Waals surface area contributed by atoms with Gasteiger partial charge in [-0.25, -0.2) is 0 Å². The third-order valence-electron chi connectivity index (χ3n) is 3.27. The van der Waals surface area contributed by atoms with Crippen molar-refractivity contribution in [3.05, 3.63) is 48.0 Å². The first-order valence-electron chi connectivity index (χ1n) is 6.88. The van der Waals surface area contributed by atoms with Crippen LogP contribution in [-0.4, -0.2) is 43.3 Å². The summed E-state index contributed by atoms with van der Waals surface area (Å²) >= 11 is 0. The molecule has 0 radical (unpaired) electrons. The zero-order chi connectivity index (χ0) is 14.1. The molecule has 3 heteroatoms. The number of rotatable bonds is 9. The fourth-order valence-electron chi connectivity index (χ4n) is 2.19. The Labute approximate surface area is 116 Å². The van der Waals surface area contributed by atoms with Crippen LogP contribution in [0, 0.1) is 0 Å². The average molecular weight is 262 g/mol. The third kappa shape index (κ3) is 5.55. The summed E-state index contributed by atoms with van der Waals surface area (Å²) in [6.45, 7) is 9.50. The number of hydrogen-bond donors (Lipinski definition) is 2. The molecule has 0 saturated heterocycles. The molecule has 1 unspecified atom stereocenters. The minimum Gasteiger partial charge on any atom is -0.395 e. The molecule has 0 heterocycles. The highest BCUT2D eigenvalue weighted by Gasteiger charge is 2.06. The molecule has 1 aromatic rings. The van der Waals surface area contributed by atoms with E-state index in [4.69, 9.17) is 5.11 Å². The summed E-state index contributed by atoms with van der Waals surface area (Å²) in [6.07, 6.45) is 1.87. The zero-order valence-electron chi connectivity index (χ0n) is 12.1. The second-order valence-electron chi connectivity index (χ2n) is 4.95. The lowest BCUT2D eigenvalue weighted by molar-refractivity contribution is 0.203. The standard InChI is InChI=1S/C16H26N2O/c1-4-9-18(10-11-19)13-15-5-7-16(8-6-15)14(2)12-17-3/h4-8,14,17,19H,1,9-13H2,2-3H3. The first kappa shape index (κ1) is 15.9. The number of nitrogens with one attached hydrogen (secondary N) is 1. The second-order valence-corrected chi connectivity index (χ2v) is 4.95. The van der Waals surface area contributed by atoms with Crippen LogP contribution in [0.3, 0.4) is 0 Å². The summed E-state index contributed by atoms with van der Waals surface area (Å²) in [6, 6.07) is 8.74. The summed E-state index contributed by atoms with van der Waals surface area (Å²) in [5.41, 5.74) is 2.63. The van der Waals surface area contributed by atoms with E-state index in [1.165, 1.54) is 11.1 Å². The van der Waals surface area contributed by atoms with Crippen LogP contribution in [0.25, 0.3) is 0 Å². The summed E-state index contributed by atoms with van der Waals surface area (Å²) in [7, 11) is 1.98. The number of benzene rings is 1. The molecule has 0 aliphatic heterocycles. The lowest BCUT2D eigenvalue weighted by Gasteiger charge is -2.20. The van der Waals surface area contributed by atoms with E-state index in [0.717, 1.165) is 19.6 Å². The molecule has 1 rings (SSSR count). The molecule has 0 aliphatic carbocycles. The Bertz CT molecular complexity index is 362. The summed E-state index contributed by atoms with van der Waals surface area (Å²) in [4.78, 5) is 2.18. The van der Waals surface area contributed by atoms with E-state index < -0.39 is 0 Å². The first-order chi connectivity index (χ1) is 9.21. The molecule has 2 N–H and O–H groups in total. The van der Waals surface area contributed by atoms with Crippen molar-refractivity contribution < 1.29 is 5.11 Å². The largest absolute Gasteiger partial charge is 0.395 e. The Kier molecular flexibility index (Phi) is 7.41. The Morgan fingerprint density at radius 3 is 2.58 bits per heavy atom. The lowest BCUT2D eigenvalue weighted by Crippen LogP contribution is -2.26. The predicted octanol–water partition coefficient (Wildman–Crippen LogP) is 1.99.